The molecule has 2 nitrogen and oxygen atoms in total. The first-order chi connectivity index (χ1) is 6.22. The van der Waals surface area contributed by atoms with E-state index in [4.69, 9.17) is 0 Å². The fraction of sp³-hybridized carbons (Fsp3) is 1.00. The van der Waals surface area contributed by atoms with E-state index in [2.05, 4.69) is 30.4 Å². The van der Waals surface area contributed by atoms with E-state index in [1.165, 1.54) is 25.1 Å². The van der Waals surface area contributed by atoms with Crippen LogP contribution < -0.4 is 5.32 Å². The van der Waals surface area contributed by atoms with E-state index in [0.717, 1.165) is 6.54 Å². The third-order valence-electron chi connectivity index (χ3n) is 2.35. The molecule has 1 atom stereocenters. The van der Waals surface area contributed by atoms with Gasteiger partial charge in [0, 0.05) is 11.8 Å². The van der Waals surface area contributed by atoms with Gasteiger partial charge >= 0.3 is 0 Å². The molecular weight excluding hydrogens is 180 g/mol. The van der Waals surface area contributed by atoms with E-state index in [9.17, 15) is 0 Å². The summed E-state index contributed by atoms with van der Waals surface area (Å²) in [4.78, 5) is 2.45. The van der Waals surface area contributed by atoms with E-state index in [-0.39, 0.29) is 0 Å². The van der Waals surface area contributed by atoms with Gasteiger partial charge < -0.3 is 10.2 Å². The van der Waals surface area contributed by atoms with Crippen molar-refractivity contribution in [3.63, 3.8) is 0 Å². The van der Waals surface area contributed by atoms with E-state index in [1.54, 1.807) is 0 Å². The second-order valence-corrected chi connectivity index (χ2v) is 4.51. The van der Waals surface area contributed by atoms with Crippen molar-refractivity contribution in [1.82, 2.24) is 10.2 Å². The van der Waals surface area contributed by atoms with Gasteiger partial charge in [-0.1, -0.05) is 0 Å². The van der Waals surface area contributed by atoms with Crippen molar-refractivity contribution >= 4 is 11.8 Å². The van der Waals surface area contributed by atoms with Gasteiger partial charge in [0.1, 0.15) is 0 Å². The number of nitrogens with one attached hydrogen (secondary N) is 1. The molecule has 0 heterocycles. The van der Waals surface area contributed by atoms with Gasteiger partial charge in [0.05, 0.1) is 0 Å². The van der Waals surface area contributed by atoms with E-state index in [1.807, 2.05) is 18.8 Å². The molecule has 0 aromatic heterocycles. The van der Waals surface area contributed by atoms with Crippen LogP contribution in [0, 0.1) is 0 Å². The fourth-order valence-electron chi connectivity index (χ4n) is 1.25. The van der Waals surface area contributed by atoms with Crippen LogP contribution in [0.2, 0.25) is 0 Å². The standard InChI is InChI=1S/C10H24N2S/c1-10(9-13-4)12(3)8-6-5-7-11-2/h10-11H,5-9H2,1-4H3. The average molecular weight is 204 g/mol. The van der Waals surface area contributed by atoms with Gasteiger partial charge in [-0.05, 0) is 53.2 Å². The van der Waals surface area contributed by atoms with Crippen molar-refractivity contribution in [1.29, 1.82) is 0 Å². The van der Waals surface area contributed by atoms with Gasteiger partial charge in [0.15, 0.2) is 0 Å². The van der Waals surface area contributed by atoms with Gasteiger partial charge in [0.25, 0.3) is 0 Å². The molecule has 1 unspecified atom stereocenters. The minimum Gasteiger partial charge on any atom is -0.320 e. The zero-order chi connectivity index (χ0) is 10.1. The second-order valence-electron chi connectivity index (χ2n) is 3.60. The Hall–Kier alpha value is 0.270. The minimum atomic E-state index is 0.713. The molecule has 0 aliphatic rings. The summed E-state index contributed by atoms with van der Waals surface area (Å²) in [5.74, 6) is 1.24. The predicted molar refractivity (Wildman–Crippen MR) is 63.6 cm³/mol. The van der Waals surface area contributed by atoms with Crippen LogP contribution >= 0.6 is 11.8 Å². The van der Waals surface area contributed by atoms with E-state index in [0.29, 0.717) is 6.04 Å². The molecule has 0 spiro atoms. The highest BCUT2D eigenvalue weighted by molar-refractivity contribution is 7.98. The van der Waals surface area contributed by atoms with Gasteiger partial charge in [-0.3, -0.25) is 0 Å². The molecule has 13 heavy (non-hydrogen) atoms. The highest BCUT2D eigenvalue weighted by Crippen LogP contribution is 2.04. The number of unbranched alkanes of at least 4 members (excludes halogenated alkanes) is 1. The first-order valence-corrected chi connectivity index (χ1v) is 6.45. The number of nitrogens with zero attached hydrogens (tertiary/aromatic N) is 1. The molecule has 3 heteroatoms. The van der Waals surface area contributed by atoms with E-state index >= 15 is 0 Å². The third-order valence-corrected chi connectivity index (χ3v) is 3.16. The summed E-state index contributed by atoms with van der Waals surface area (Å²) >= 11 is 1.93. The van der Waals surface area contributed by atoms with E-state index < -0.39 is 0 Å². The molecule has 0 amide bonds. The van der Waals surface area contributed by atoms with Crippen LogP contribution in [0.4, 0.5) is 0 Å². The van der Waals surface area contributed by atoms with Crippen molar-refractivity contribution in [2.24, 2.45) is 0 Å². The van der Waals surface area contributed by atoms with Crippen molar-refractivity contribution in [3.05, 3.63) is 0 Å². The maximum atomic E-state index is 3.17. The Morgan fingerprint density at radius 3 is 2.62 bits per heavy atom. The number of hydrogen-bond donors (Lipinski definition) is 1. The molecule has 0 radical (unpaired) electrons. The highest BCUT2D eigenvalue weighted by Gasteiger charge is 2.06. The summed E-state index contributed by atoms with van der Waals surface area (Å²) in [6.45, 7) is 4.67. The first-order valence-electron chi connectivity index (χ1n) is 5.06. The average Bonchev–Trinajstić information content (AvgIpc) is 2.12. The molecule has 1 N–H and O–H groups in total. The zero-order valence-corrected chi connectivity index (χ0v) is 10.3. The number of hydrogen-bond acceptors (Lipinski definition) is 3. The Kier molecular flexibility index (Phi) is 9.03. The van der Waals surface area contributed by atoms with Gasteiger partial charge in [-0.15, -0.1) is 0 Å². The SMILES string of the molecule is CNCCCCN(C)C(C)CSC. The summed E-state index contributed by atoms with van der Waals surface area (Å²) in [6.07, 6.45) is 4.76. The maximum absolute atomic E-state index is 3.17. The largest absolute Gasteiger partial charge is 0.320 e. The summed E-state index contributed by atoms with van der Waals surface area (Å²) in [6, 6.07) is 0.713. The Morgan fingerprint density at radius 2 is 2.08 bits per heavy atom. The maximum Gasteiger partial charge on any atom is 0.0154 e. The zero-order valence-electron chi connectivity index (χ0n) is 9.47. The Balaban J connectivity index is 3.32. The topological polar surface area (TPSA) is 15.3 Å². The van der Waals surface area contributed by atoms with Crippen LogP contribution in [0.15, 0.2) is 0 Å². The Bertz CT molecular complexity index is 109. The molecule has 80 valence electrons. The number of thioether (sulfide) groups is 1. The van der Waals surface area contributed by atoms with Crippen LogP contribution in [0.25, 0.3) is 0 Å². The van der Waals surface area contributed by atoms with Gasteiger partial charge in [-0.25, -0.2) is 0 Å². The van der Waals surface area contributed by atoms with Gasteiger partial charge in [-0.2, -0.15) is 11.8 Å². The molecule has 0 aromatic rings. The molecule has 0 saturated carbocycles. The highest BCUT2D eigenvalue weighted by atomic mass is 32.2. The summed E-state index contributed by atoms with van der Waals surface area (Å²) < 4.78 is 0. The lowest BCUT2D eigenvalue weighted by Gasteiger charge is -2.23. The summed E-state index contributed by atoms with van der Waals surface area (Å²) in [5, 5.41) is 3.17. The van der Waals surface area contributed by atoms with Crippen LogP contribution in [0.5, 0.6) is 0 Å². The minimum absolute atomic E-state index is 0.713. The second kappa shape index (κ2) is 8.85. The smallest absolute Gasteiger partial charge is 0.0154 e. The van der Waals surface area contributed by atoms with Crippen LogP contribution in [0.3, 0.4) is 0 Å². The van der Waals surface area contributed by atoms with Crippen LogP contribution in [-0.4, -0.2) is 50.1 Å². The van der Waals surface area contributed by atoms with Crippen molar-refractivity contribution in [2.45, 2.75) is 25.8 Å². The molecular formula is C10H24N2S. The van der Waals surface area contributed by atoms with Crippen molar-refractivity contribution < 1.29 is 0 Å². The monoisotopic (exact) mass is 204 g/mol. The number of rotatable bonds is 8. The molecule has 0 bridgehead atoms. The summed E-state index contributed by atoms with van der Waals surface area (Å²) in [5.41, 5.74) is 0. The van der Waals surface area contributed by atoms with Crippen LogP contribution in [0.1, 0.15) is 19.8 Å². The summed E-state index contributed by atoms with van der Waals surface area (Å²) in [7, 11) is 4.24. The quantitative estimate of drug-likeness (QED) is 0.606. The molecule has 0 aromatic carbocycles. The lowest BCUT2D eigenvalue weighted by Crippen LogP contribution is -2.32. The molecule has 0 aliphatic carbocycles. The third kappa shape index (κ3) is 7.35. The van der Waals surface area contributed by atoms with Crippen LogP contribution in [-0.2, 0) is 0 Å². The molecule has 0 fully saturated rings. The molecule has 0 rings (SSSR count). The fourth-order valence-corrected chi connectivity index (χ4v) is 1.99. The lowest BCUT2D eigenvalue weighted by molar-refractivity contribution is 0.272. The van der Waals surface area contributed by atoms with Crippen molar-refractivity contribution in [2.75, 3.05) is 39.2 Å². The Labute approximate surface area is 87.5 Å². The Morgan fingerprint density at radius 1 is 1.38 bits per heavy atom. The predicted octanol–water partition coefficient (Wildman–Crippen LogP) is 1.67. The normalized spacial score (nSPS) is 13.6. The van der Waals surface area contributed by atoms with Gasteiger partial charge in [0.2, 0.25) is 0 Å². The van der Waals surface area contributed by atoms with Crippen molar-refractivity contribution in [3.8, 4) is 0 Å². The molecule has 0 aliphatic heterocycles. The first kappa shape index (κ1) is 13.3. The molecule has 0 saturated heterocycles. The lowest BCUT2D eigenvalue weighted by atomic mass is 10.2.